The van der Waals surface area contributed by atoms with E-state index in [1.165, 1.54) is 0 Å². The number of carbonyl (C=O) groups excluding carboxylic acids is 1. The van der Waals surface area contributed by atoms with E-state index in [1.54, 1.807) is 7.05 Å². The van der Waals surface area contributed by atoms with E-state index in [0.717, 1.165) is 5.56 Å². The number of rotatable bonds is 2. The molecule has 1 amide bonds. The summed E-state index contributed by atoms with van der Waals surface area (Å²) in [6.45, 7) is 1.86. The molecule has 0 radical (unpaired) electrons. The smallest absolute Gasteiger partial charge is 0.252 e. The summed E-state index contributed by atoms with van der Waals surface area (Å²) in [5, 5.41) is 6.48. The van der Waals surface area contributed by atoms with Crippen LogP contribution in [0, 0.1) is 0 Å². The van der Waals surface area contributed by atoms with Crippen LogP contribution in [0.3, 0.4) is 0 Å². The zero-order valence-electron chi connectivity index (χ0n) is 9.75. The van der Waals surface area contributed by atoms with Crippen LogP contribution in [0.1, 0.15) is 12.5 Å². The van der Waals surface area contributed by atoms with Gasteiger partial charge in [-0.05, 0) is 24.6 Å². The predicted octanol–water partition coefficient (Wildman–Crippen LogP) is 1.35. The number of nitrogens with zero attached hydrogens (tertiary/aromatic N) is 1. The van der Waals surface area contributed by atoms with Crippen molar-refractivity contribution in [3.05, 3.63) is 34.9 Å². The molecule has 0 spiro atoms. The molecular weight excluding hydrogens is 238 g/mol. The molecule has 1 aliphatic rings. The fourth-order valence-corrected chi connectivity index (χ4v) is 1.97. The summed E-state index contributed by atoms with van der Waals surface area (Å²) in [6, 6.07) is 7.48. The molecule has 5 heteroatoms. The SMILES string of the molecule is CN=C1NC(=O)C(C)(Cc2ccc(Cl)cc2)N1. The summed E-state index contributed by atoms with van der Waals surface area (Å²) in [7, 11) is 1.64. The normalized spacial score (nSPS) is 25.8. The number of hydrogen-bond donors (Lipinski definition) is 2. The van der Waals surface area contributed by atoms with Gasteiger partial charge in [-0.2, -0.15) is 0 Å². The first-order valence-electron chi connectivity index (χ1n) is 5.34. The Bertz CT molecular complexity index is 469. The number of benzene rings is 1. The van der Waals surface area contributed by atoms with E-state index in [-0.39, 0.29) is 5.91 Å². The summed E-state index contributed by atoms with van der Waals surface area (Å²) < 4.78 is 0. The molecule has 1 aromatic rings. The monoisotopic (exact) mass is 251 g/mol. The molecule has 0 aromatic heterocycles. The molecule has 2 rings (SSSR count). The maximum absolute atomic E-state index is 11.9. The van der Waals surface area contributed by atoms with Gasteiger partial charge < -0.3 is 5.32 Å². The number of guanidine groups is 1. The Balaban J connectivity index is 2.18. The molecule has 1 heterocycles. The molecule has 1 unspecified atom stereocenters. The third kappa shape index (κ3) is 2.42. The lowest BCUT2D eigenvalue weighted by molar-refractivity contribution is -0.123. The minimum absolute atomic E-state index is 0.0620. The third-order valence-corrected chi connectivity index (χ3v) is 3.07. The average Bonchev–Trinajstić information content (AvgIpc) is 2.58. The molecule has 0 aliphatic carbocycles. The predicted molar refractivity (Wildman–Crippen MR) is 68.2 cm³/mol. The highest BCUT2D eigenvalue weighted by Gasteiger charge is 2.40. The quantitative estimate of drug-likeness (QED) is 0.834. The number of aliphatic imine (C=N–C) groups is 1. The summed E-state index contributed by atoms with van der Waals surface area (Å²) in [4.78, 5) is 15.8. The van der Waals surface area contributed by atoms with Gasteiger partial charge >= 0.3 is 0 Å². The fourth-order valence-electron chi connectivity index (χ4n) is 1.84. The Labute approximate surface area is 105 Å². The minimum atomic E-state index is -0.650. The van der Waals surface area contributed by atoms with E-state index >= 15 is 0 Å². The summed E-state index contributed by atoms with van der Waals surface area (Å²) in [6.07, 6.45) is 0.592. The summed E-state index contributed by atoms with van der Waals surface area (Å²) >= 11 is 5.82. The second-order valence-electron chi connectivity index (χ2n) is 4.29. The van der Waals surface area contributed by atoms with Crippen LogP contribution < -0.4 is 10.6 Å². The van der Waals surface area contributed by atoms with E-state index < -0.39 is 5.54 Å². The Morgan fingerprint density at radius 1 is 1.35 bits per heavy atom. The molecule has 0 saturated carbocycles. The van der Waals surface area contributed by atoms with Gasteiger partial charge in [0.1, 0.15) is 5.54 Å². The van der Waals surface area contributed by atoms with Crippen molar-refractivity contribution < 1.29 is 4.79 Å². The molecule has 1 fully saturated rings. The van der Waals surface area contributed by atoms with Gasteiger partial charge in [-0.1, -0.05) is 23.7 Å². The zero-order chi connectivity index (χ0) is 12.5. The molecule has 0 bridgehead atoms. The molecule has 2 N–H and O–H groups in total. The van der Waals surface area contributed by atoms with Gasteiger partial charge in [0.15, 0.2) is 5.96 Å². The molecule has 1 aliphatic heterocycles. The van der Waals surface area contributed by atoms with Gasteiger partial charge in [0.2, 0.25) is 0 Å². The van der Waals surface area contributed by atoms with Gasteiger partial charge in [0.05, 0.1) is 0 Å². The van der Waals surface area contributed by atoms with Gasteiger partial charge in [-0.25, -0.2) is 0 Å². The van der Waals surface area contributed by atoms with Crippen molar-refractivity contribution in [1.82, 2.24) is 10.6 Å². The van der Waals surface area contributed by atoms with Crippen molar-refractivity contribution in [3.63, 3.8) is 0 Å². The lowest BCUT2D eigenvalue weighted by Gasteiger charge is -2.21. The van der Waals surface area contributed by atoms with E-state index in [2.05, 4.69) is 15.6 Å². The Hall–Kier alpha value is -1.55. The van der Waals surface area contributed by atoms with E-state index in [4.69, 9.17) is 11.6 Å². The van der Waals surface area contributed by atoms with Crippen LogP contribution in [0.25, 0.3) is 0 Å². The van der Waals surface area contributed by atoms with Gasteiger partial charge in [-0.15, -0.1) is 0 Å². The number of carbonyl (C=O) groups is 1. The van der Waals surface area contributed by atoms with Crippen LogP contribution >= 0.6 is 11.6 Å². The Morgan fingerprint density at radius 3 is 2.53 bits per heavy atom. The van der Waals surface area contributed by atoms with Gasteiger partial charge in [0, 0.05) is 18.5 Å². The van der Waals surface area contributed by atoms with E-state index in [0.29, 0.717) is 17.4 Å². The summed E-state index contributed by atoms with van der Waals surface area (Å²) in [5.41, 5.74) is 0.403. The van der Waals surface area contributed by atoms with Crippen LogP contribution in [-0.2, 0) is 11.2 Å². The van der Waals surface area contributed by atoms with Crippen molar-refractivity contribution >= 4 is 23.5 Å². The number of hydrogen-bond acceptors (Lipinski definition) is 2. The van der Waals surface area contributed by atoms with Crippen molar-refractivity contribution in [1.29, 1.82) is 0 Å². The van der Waals surface area contributed by atoms with Gasteiger partial charge in [-0.3, -0.25) is 15.1 Å². The molecule has 17 heavy (non-hydrogen) atoms. The van der Waals surface area contributed by atoms with Gasteiger partial charge in [0.25, 0.3) is 5.91 Å². The van der Waals surface area contributed by atoms with E-state index in [9.17, 15) is 4.79 Å². The third-order valence-electron chi connectivity index (χ3n) is 2.82. The lowest BCUT2D eigenvalue weighted by Crippen LogP contribution is -2.45. The maximum Gasteiger partial charge on any atom is 0.252 e. The highest BCUT2D eigenvalue weighted by Crippen LogP contribution is 2.18. The fraction of sp³-hybridized carbons (Fsp3) is 0.333. The molecule has 4 nitrogen and oxygen atoms in total. The van der Waals surface area contributed by atoms with Crippen molar-refractivity contribution in [2.24, 2.45) is 4.99 Å². The van der Waals surface area contributed by atoms with Crippen LogP contribution in [-0.4, -0.2) is 24.5 Å². The van der Waals surface area contributed by atoms with Crippen molar-refractivity contribution in [2.45, 2.75) is 18.9 Å². The molecule has 1 saturated heterocycles. The first kappa shape index (κ1) is 11.9. The van der Waals surface area contributed by atoms with Crippen molar-refractivity contribution in [3.8, 4) is 0 Å². The average molecular weight is 252 g/mol. The highest BCUT2D eigenvalue weighted by atomic mass is 35.5. The maximum atomic E-state index is 11.9. The van der Waals surface area contributed by atoms with Crippen LogP contribution in [0.4, 0.5) is 0 Å². The Morgan fingerprint density at radius 2 is 2.00 bits per heavy atom. The zero-order valence-corrected chi connectivity index (χ0v) is 10.5. The number of halogens is 1. The molecule has 1 aromatic carbocycles. The van der Waals surface area contributed by atoms with Crippen LogP contribution in [0.5, 0.6) is 0 Å². The van der Waals surface area contributed by atoms with Crippen LogP contribution in [0.2, 0.25) is 5.02 Å². The largest absolute Gasteiger partial charge is 0.342 e. The number of amides is 1. The molecule has 1 atom stereocenters. The molecular formula is C12H14ClN3O. The highest BCUT2D eigenvalue weighted by molar-refractivity contribution is 6.30. The number of nitrogens with one attached hydrogen (secondary N) is 2. The minimum Gasteiger partial charge on any atom is -0.342 e. The first-order valence-corrected chi connectivity index (χ1v) is 5.72. The van der Waals surface area contributed by atoms with Crippen LogP contribution in [0.15, 0.2) is 29.3 Å². The molecule has 90 valence electrons. The van der Waals surface area contributed by atoms with E-state index in [1.807, 2.05) is 31.2 Å². The van der Waals surface area contributed by atoms with Crippen molar-refractivity contribution in [2.75, 3.05) is 7.05 Å². The Kier molecular flexibility index (Phi) is 3.07. The topological polar surface area (TPSA) is 53.5 Å². The second-order valence-corrected chi connectivity index (χ2v) is 4.72. The first-order chi connectivity index (χ1) is 8.03. The summed E-state index contributed by atoms with van der Waals surface area (Å²) in [5.74, 6) is 0.458. The lowest BCUT2D eigenvalue weighted by atomic mass is 9.93. The second kappa shape index (κ2) is 4.37. The standard InChI is InChI=1S/C12H14ClN3O/c1-12(10(17)15-11(14-2)16-12)7-8-3-5-9(13)6-4-8/h3-6H,7H2,1-2H3,(H2,14,15,16,17).